The number of nitrogens with one attached hydrogen (secondary N) is 1. The molecule has 3 rings (SSSR count). The Kier molecular flexibility index (Phi) is 6.74. The highest BCUT2D eigenvalue weighted by atomic mass is 32.2. The van der Waals surface area contributed by atoms with E-state index >= 15 is 0 Å². The maximum atomic E-state index is 12.7. The van der Waals surface area contributed by atoms with E-state index in [1.165, 1.54) is 18.2 Å². The summed E-state index contributed by atoms with van der Waals surface area (Å²) in [5.74, 6) is 0.569. The number of benzene rings is 3. The van der Waals surface area contributed by atoms with Crippen LogP contribution in [0.4, 0.5) is 5.69 Å². The summed E-state index contributed by atoms with van der Waals surface area (Å²) in [4.78, 5) is 14.4. The molecule has 30 heavy (non-hydrogen) atoms. The number of anilines is 1. The van der Waals surface area contributed by atoms with E-state index in [-0.39, 0.29) is 10.8 Å². The minimum atomic E-state index is -3.72. The number of likely N-dealkylation sites (N-methyl/N-ethyl adjacent to an activating group) is 1. The molecule has 3 aromatic rings. The topological polar surface area (TPSA) is 75.7 Å². The first-order chi connectivity index (χ1) is 14.4. The average molecular weight is 425 g/mol. The number of nitrogens with zero attached hydrogens (tertiary/aromatic N) is 1. The third-order valence-electron chi connectivity index (χ3n) is 4.54. The Morgan fingerprint density at radius 3 is 2.40 bits per heavy atom. The fraction of sp³-hybridized carbons (Fsp3) is 0.174. The Bertz CT molecular complexity index is 1110. The zero-order chi connectivity index (χ0) is 21.6. The van der Waals surface area contributed by atoms with Crippen LogP contribution in [-0.4, -0.2) is 39.4 Å². The number of sulfonamides is 1. The van der Waals surface area contributed by atoms with E-state index in [9.17, 15) is 13.2 Å². The second-order valence-electron chi connectivity index (χ2n) is 6.84. The molecule has 0 heterocycles. The van der Waals surface area contributed by atoms with Crippen molar-refractivity contribution in [2.24, 2.45) is 0 Å². The molecule has 7 heteroatoms. The van der Waals surface area contributed by atoms with E-state index in [0.29, 0.717) is 24.4 Å². The number of hydrogen-bond donors (Lipinski definition) is 1. The molecule has 6 nitrogen and oxygen atoms in total. The molecule has 0 saturated heterocycles. The number of para-hydroxylation sites is 1. The van der Waals surface area contributed by atoms with E-state index in [2.05, 4.69) is 4.72 Å². The molecular formula is C23H24N2O4S. The van der Waals surface area contributed by atoms with E-state index in [1.807, 2.05) is 31.2 Å². The van der Waals surface area contributed by atoms with Crippen LogP contribution in [0.15, 0.2) is 83.8 Å². The summed E-state index contributed by atoms with van der Waals surface area (Å²) in [6.07, 6.45) is 0. The first-order valence-corrected chi connectivity index (χ1v) is 11.0. The lowest BCUT2D eigenvalue weighted by atomic mass is 10.2. The fourth-order valence-electron chi connectivity index (χ4n) is 2.86. The summed E-state index contributed by atoms with van der Waals surface area (Å²) in [5, 5.41) is 0. The van der Waals surface area contributed by atoms with Gasteiger partial charge in [-0.3, -0.25) is 9.52 Å². The molecular weight excluding hydrogens is 400 g/mol. The van der Waals surface area contributed by atoms with E-state index in [4.69, 9.17) is 4.74 Å². The number of carbonyl (C=O) groups excluding carboxylic acids is 1. The molecule has 1 amide bonds. The maximum Gasteiger partial charge on any atom is 0.261 e. The molecule has 3 aromatic carbocycles. The molecule has 156 valence electrons. The van der Waals surface area contributed by atoms with Crippen LogP contribution >= 0.6 is 0 Å². The van der Waals surface area contributed by atoms with E-state index < -0.39 is 10.0 Å². The van der Waals surface area contributed by atoms with Crippen LogP contribution in [0.1, 0.15) is 15.9 Å². The number of amides is 1. The molecule has 0 aromatic heterocycles. The largest absolute Gasteiger partial charge is 0.491 e. The van der Waals surface area contributed by atoms with Crippen molar-refractivity contribution in [1.82, 2.24) is 4.90 Å². The molecule has 0 saturated carbocycles. The van der Waals surface area contributed by atoms with Gasteiger partial charge < -0.3 is 9.64 Å². The van der Waals surface area contributed by atoms with E-state index in [0.717, 1.165) is 11.3 Å². The van der Waals surface area contributed by atoms with Crippen LogP contribution < -0.4 is 9.46 Å². The second-order valence-corrected chi connectivity index (χ2v) is 8.52. The summed E-state index contributed by atoms with van der Waals surface area (Å²) >= 11 is 0. The van der Waals surface area contributed by atoms with Crippen molar-refractivity contribution in [3.05, 3.63) is 90.0 Å². The molecule has 0 atom stereocenters. The molecule has 0 aliphatic carbocycles. The molecule has 0 spiro atoms. The van der Waals surface area contributed by atoms with Crippen LogP contribution in [0.25, 0.3) is 0 Å². The van der Waals surface area contributed by atoms with Gasteiger partial charge in [-0.25, -0.2) is 8.42 Å². The van der Waals surface area contributed by atoms with Crippen molar-refractivity contribution in [3.8, 4) is 5.75 Å². The summed E-state index contributed by atoms with van der Waals surface area (Å²) in [6, 6.07) is 22.2. The fourth-order valence-corrected chi connectivity index (χ4v) is 3.93. The number of carbonyl (C=O) groups is 1. The third-order valence-corrected chi connectivity index (χ3v) is 5.94. The lowest BCUT2D eigenvalue weighted by molar-refractivity contribution is 0.0773. The predicted molar refractivity (Wildman–Crippen MR) is 117 cm³/mol. The van der Waals surface area contributed by atoms with Crippen molar-refractivity contribution in [3.63, 3.8) is 0 Å². The minimum Gasteiger partial charge on any atom is -0.491 e. The van der Waals surface area contributed by atoms with Crippen LogP contribution in [0.3, 0.4) is 0 Å². The second kappa shape index (κ2) is 9.45. The van der Waals surface area contributed by atoms with Crippen molar-refractivity contribution in [2.45, 2.75) is 11.8 Å². The molecule has 0 fully saturated rings. The van der Waals surface area contributed by atoms with Gasteiger partial charge in [0.2, 0.25) is 0 Å². The third kappa shape index (κ3) is 5.39. The zero-order valence-corrected chi connectivity index (χ0v) is 17.7. The minimum absolute atomic E-state index is 0.159. The number of hydrogen-bond acceptors (Lipinski definition) is 4. The van der Waals surface area contributed by atoms with Gasteiger partial charge in [-0.15, -0.1) is 0 Å². The van der Waals surface area contributed by atoms with Crippen LogP contribution in [0.5, 0.6) is 5.75 Å². The summed E-state index contributed by atoms with van der Waals surface area (Å²) < 4.78 is 33.3. The zero-order valence-electron chi connectivity index (χ0n) is 16.9. The van der Waals surface area contributed by atoms with Gasteiger partial charge in [-0.05, 0) is 48.9 Å². The Morgan fingerprint density at radius 1 is 0.967 bits per heavy atom. The molecule has 0 aliphatic rings. The smallest absolute Gasteiger partial charge is 0.261 e. The molecule has 0 radical (unpaired) electrons. The predicted octanol–water partition coefficient (Wildman–Crippen LogP) is 3.95. The highest BCUT2D eigenvalue weighted by Crippen LogP contribution is 2.18. The SMILES string of the molecule is Cc1ccccc1OCCN(C)C(=O)c1cccc(NS(=O)(=O)c2ccccc2)c1. The van der Waals surface area contributed by atoms with Crippen LogP contribution in [-0.2, 0) is 10.0 Å². The van der Waals surface area contributed by atoms with Crippen LogP contribution in [0.2, 0.25) is 0 Å². The number of aryl methyl sites for hydroxylation is 1. The maximum absolute atomic E-state index is 12.7. The van der Waals surface area contributed by atoms with Crippen molar-refractivity contribution in [1.29, 1.82) is 0 Å². The Morgan fingerprint density at radius 2 is 1.67 bits per heavy atom. The average Bonchev–Trinajstić information content (AvgIpc) is 2.75. The van der Waals surface area contributed by atoms with Gasteiger partial charge in [0.15, 0.2) is 0 Å². The van der Waals surface area contributed by atoms with Gasteiger partial charge in [0.05, 0.1) is 11.4 Å². The summed E-state index contributed by atoms with van der Waals surface area (Å²) in [7, 11) is -2.03. The van der Waals surface area contributed by atoms with E-state index in [1.54, 1.807) is 48.3 Å². The normalized spacial score (nSPS) is 11.0. The summed E-state index contributed by atoms with van der Waals surface area (Å²) in [5.41, 5.74) is 1.75. The number of ether oxygens (including phenoxy) is 1. The lowest BCUT2D eigenvalue weighted by Crippen LogP contribution is -2.31. The monoisotopic (exact) mass is 424 g/mol. The van der Waals surface area contributed by atoms with Crippen LogP contribution in [0, 0.1) is 6.92 Å². The lowest BCUT2D eigenvalue weighted by Gasteiger charge is -2.18. The molecule has 1 N–H and O–H groups in total. The van der Waals surface area contributed by atoms with Gasteiger partial charge in [-0.1, -0.05) is 42.5 Å². The number of rotatable bonds is 8. The standard InChI is InChI=1S/C23H24N2O4S/c1-18-9-6-7-14-22(18)29-16-15-25(2)23(26)19-10-8-11-20(17-19)24-30(27,28)21-12-4-3-5-13-21/h3-14,17,24H,15-16H2,1-2H3. The van der Waals surface area contributed by atoms with Gasteiger partial charge in [0.1, 0.15) is 12.4 Å². The highest BCUT2D eigenvalue weighted by molar-refractivity contribution is 7.92. The van der Waals surface area contributed by atoms with Gasteiger partial charge in [0.25, 0.3) is 15.9 Å². The first kappa shape index (κ1) is 21.4. The van der Waals surface area contributed by atoms with Crippen molar-refractivity contribution >= 4 is 21.6 Å². The quantitative estimate of drug-likeness (QED) is 0.594. The van der Waals surface area contributed by atoms with Crippen molar-refractivity contribution in [2.75, 3.05) is 24.9 Å². The molecule has 0 aliphatic heterocycles. The first-order valence-electron chi connectivity index (χ1n) is 9.48. The highest BCUT2D eigenvalue weighted by Gasteiger charge is 2.16. The van der Waals surface area contributed by atoms with Crippen molar-refractivity contribution < 1.29 is 17.9 Å². The van der Waals surface area contributed by atoms with Gasteiger partial charge in [-0.2, -0.15) is 0 Å². The summed E-state index contributed by atoms with van der Waals surface area (Å²) in [6.45, 7) is 2.72. The Balaban J connectivity index is 1.63. The molecule has 0 bridgehead atoms. The van der Waals surface area contributed by atoms with Gasteiger partial charge in [0, 0.05) is 18.3 Å². The molecule has 0 unspecified atom stereocenters. The Hall–Kier alpha value is -3.32. The van der Waals surface area contributed by atoms with Gasteiger partial charge >= 0.3 is 0 Å². The Labute approximate surface area is 177 Å².